The molecular weight excluding hydrogens is 312 g/mol. The SMILES string of the molecule is O=C(Cn1cnc2ccccc2c1=O)Nc1ccccc1[N+](=O)[O-]. The van der Waals surface area contributed by atoms with Gasteiger partial charge in [-0.25, -0.2) is 4.98 Å². The van der Waals surface area contributed by atoms with Gasteiger partial charge in [-0.2, -0.15) is 0 Å². The third-order valence-electron chi connectivity index (χ3n) is 3.42. The molecule has 3 rings (SSSR count). The quantitative estimate of drug-likeness (QED) is 0.583. The highest BCUT2D eigenvalue weighted by Crippen LogP contribution is 2.22. The molecule has 1 aromatic heterocycles. The fourth-order valence-corrected chi connectivity index (χ4v) is 2.30. The van der Waals surface area contributed by atoms with Crippen molar-refractivity contribution in [1.29, 1.82) is 0 Å². The Morgan fingerprint density at radius 3 is 2.67 bits per heavy atom. The highest BCUT2D eigenvalue weighted by Gasteiger charge is 2.15. The molecule has 0 saturated carbocycles. The molecule has 0 fully saturated rings. The third kappa shape index (κ3) is 2.98. The number of para-hydroxylation sites is 3. The molecule has 0 unspecified atom stereocenters. The van der Waals surface area contributed by atoms with E-state index in [9.17, 15) is 19.7 Å². The van der Waals surface area contributed by atoms with Gasteiger partial charge in [-0.15, -0.1) is 0 Å². The van der Waals surface area contributed by atoms with Crippen LogP contribution >= 0.6 is 0 Å². The fourth-order valence-electron chi connectivity index (χ4n) is 2.30. The molecule has 0 aliphatic rings. The number of amides is 1. The molecule has 24 heavy (non-hydrogen) atoms. The van der Waals surface area contributed by atoms with E-state index in [1.807, 2.05) is 0 Å². The summed E-state index contributed by atoms with van der Waals surface area (Å²) in [4.78, 5) is 38.9. The Kier molecular flexibility index (Phi) is 4.02. The number of benzene rings is 2. The van der Waals surface area contributed by atoms with Gasteiger partial charge in [0.2, 0.25) is 5.91 Å². The van der Waals surface area contributed by atoms with Gasteiger partial charge in [-0.05, 0) is 18.2 Å². The Balaban J connectivity index is 1.85. The lowest BCUT2D eigenvalue weighted by atomic mass is 10.2. The zero-order valence-electron chi connectivity index (χ0n) is 12.4. The first kappa shape index (κ1) is 15.3. The number of hydrogen-bond acceptors (Lipinski definition) is 5. The predicted octanol–water partition coefficient (Wildman–Crippen LogP) is 1.94. The summed E-state index contributed by atoms with van der Waals surface area (Å²) < 4.78 is 1.16. The van der Waals surface area contributed by atoms with Crippen LogP contribution in [0.15, 0.2) is 59.7 Å². The topological polar surface area (TPSA) is 107 Å². The Morgan fingerprint density at radius 2 is 1.88 bits per heavy atom. The molecule has 8 heteroatoms. The molecule has 1 N–H and O–H groups in total. The second kappa shape index (κ2) is 6.29. The summed E-state index contributed by atoms with van der Waals surface area (Å²) in [5, 5.41) is 13.8. The summed E-state index contributed by atoms with van der Waals surface area (Å²) in [5.41, 5.74) is 0.0558. The highest BCUT2D eigenvalue weighted by molar-refractivity contribution is 5.93. The summed E-state index contributed by atoms with van der Waals surface area (Å²) in [5.74, 6) is -0.552. The van der Waals surface area contributed by atoms with Gasteiger partial charge in [0.25, 0.3) is 11.2 Å². The monoisotopic (exact) mass is 324 g/mol. The minimum atomic E-state index is -0.584. The molecule has 0 bridgehead atoms. The molecule has 0 spiro atoms. The molecule has 0 saturated heterocycles. The van der Waals surface area contributed by atoms with Crippen molar-refractivity contribution in [2.45, 2.75) is 6.54 Å². The van der Waals surface area contributed by atoms with Crippen molar-refractivity contribution in [2.75, 3.05) is 5.32 Å². The Labute approximate surface area is 135 Å². The third-order valence-corrected chi connectivity index (χ3v) is 3.42. The first-order valence-electron chi connectivity index (χ1n) is 7.04. The lowest BCUT2D eigenvalue weighted by Crippen LogP contribution is -2.28. The number of carbonyl (C=O) groups is 1. The number of hydrogen-bond donors (Lipinski definition) is 1. The minimum Gasteiger partial charge on any atom is -0.319 e. The van der Waals surface area contributed by atoms with E-state index in [2.05, 4.69) is 10.3 Å². The average molecular weight is 324 g/mol. The summed E-state index contributed by atoms with van der Waals surface area (Å²) >= 11 is 0. The molecule has 120 valence electrons. The number of nitrogens with one attached hydrogen (secondary N) is 1. The molecule has 0 aliphatic heterocycles. The van der Waals surface area contributed by atoms with Gasteiger partial charge in [0.05, 0.1) is 22.2 Å². The van der Waals surface area contributed by atoms with Crippen molar-refractivity contribution < 1.29 is 9.72 Å². The van der Waals surface area contributed by atoms with Crippen LogP contribution in [0.2, 0.25) is 0 Å². The van der Waals surface area contributed by atoms with Gasteiger partial charge in [0.15, 0.2) is 0 Å². The van der Waals surface area contributed by atoms with Crippen molar-refractivity contribution in [2.24, 2.45) is 0 Å². The van der Waals surface area contributed by atoms with Crippen LogP contribution < -0.4 is 10.9 Å². The van der Waals surface area contributed by atoms with Crippen molar-refractivity contribution in [1.82, 2.24) is 9.55 Å². The minimum absolute atomic E-state index is 0.0781. The molecule has 3 aromatic rings. The van der Waals surface area contributed by atoms with E-state index in [-0.39, 0.29) is 23.5 Å². The van der Waals surface area contributed by atoms with E-state index in [1.54, 1.807) is 30.3 Å². The van der Waals surface area contributed by atoms with Gasteiger partial charge in [0.1, 0.15) is 12.2 Å². The number of anilines is 1. The predicted molar refractivity (Wildman–Crippen MR) is 87.7 cm³/mol. The van der Waals surface area contributed by atoms with E-state index in [0.29, 0.717) is 10.9 Å². The molecule has 2 aromatic carbocycles. The van der Waals surface area contributed by atoms with Crippen molar-refractivity contribution in [3.05, 3.63) is 75.3 Å². The van der Waals surface area contributed by atoms with Gasteiger partial charge >= 0.3 is 0 Å². The lowest BCUT2D eigenvalue weighted by Gasteiger charge is -2.08. The number of nitrogens with zero attached hydrogens (tertiary/aromatic N) is 3. The maximum atomic E-state index is 12.3. The van der Waals surface area contributed by atoms with Crippen molar-refractivity contribution >= 4 is 28.2 Å². The second-order valence-corrected chi connectivity index (χ2v) is 5.02. The van der Waals surface area contributed by atoms with Crippen LogP contribution in [0.3, 0.4) is 0 Å². The van der Waals surface area contributed by atoms with Crippen LogP contribution in [0, 0.1) is 10.1 Å². The zero-order valence-corrected chi connectivity index (χ0v) is 12.4. The summed E-state index contributed by atoms with van der Waals surface area (Å²) in [6, 6.07) is 12.6. The smallest absolute Gasteiger partial charge is 0.292 e. The summed E-state index contributed by atoms with van der Waals surface area (Å²) in [6.45, 7) is -0.289. The highest BCUT2D eigenvalue weighted by atomic mass is 16.6. The molecule has 0 radical (unpaired) electrons. The van der Waals surface area contributed by atoms with Crippen LogP contribution in [0.25, 0.3) is 10.9 Å². The molecule has 0 atom stereocenters. The summed E-state index contributed by atoms with van der Waals surface area (Å²) in [6.07, 6.45) is 1.28. The maximum Gasteiger partial charge on any atom is 0.292 e. The van der Waals surface area contributed by atoms with Crippen LogP contribution in [0.1, 0.15) is 0 Å². The van der Waals surface area contributed by atoms with Crippen LogP contribution in [0.4, 0.5) is 11.4 Å². The maximum absolute atomic E-state index is 12.3. The van der Waals surface area contributed by atoms with E-state index in [4.69, 9.17) is 0 Å². The largest absolute Gasteiger partial charge is 0.319 e. The van der Waals surface area contributed by atoms with Gasteiger partial charge in [-0.3, -0.25) is 24.3 Å². The standard InChI is InChI=1S/C16H12N4O4/c21-15(18-13-7-3-4-8-14(13)20(23)24)9-19-10-17-12-6-2-1-5-11(12)16(19)22/h1-8,10H,9H2,(H,18,21). The Morgan fingerprint density at radius 1 is 1.17 bits per heavy atom. The molecular formula is C16H12N4O4. The van der Waals surface area contributed by atoms with Crippen molar-refractivity contribution in [3.8, 4) is 0 Å². The van der Waals surface area contributed by atoms with Gasteiger partial charge in [0, 0.05) is 6.07 Å². The first-order chi connectivity index (χ1) is 11.6. The van der Waals surface area contributed by atoms with Crippen molar-refractivity contribution in [3.63, 3.8) is 0 Å². The normalized spacial score (nSPS) is 10.5. The zero-order chi connectivity index (χ0) is 17.1. The van der Waals surface area contributed by atoms with Crippen LogP contribution in [0.5, 0.6) is 0 Å². The summed E-state index contributed by atoms with van der Waals surface area (Å²) in [7, 11) is 0. The van der Waals surface area contributed by atoms with Gasteiger partial charge in [-0.1, -0.05) is 24.3 Å². The van der Waals surface area contributed by atoms with E-state index >= 15 is 0 Å². The molecule has 8 nitrogen and oxygen atoms in total. The first-order valence-corrected chi connectivity index (χ1v) is 7.04. The number of nitro groups is 1. The molecule has 1 amide bonds. The lowest BCUT2D eigenvalue weighted by molar-refractivity contribution is -0.383. The average Bonchev–Trinajstić information content (AvgIpc) is 2.58. The van der Waals surface area contributed by atoms with E-state index in [0.717, 1.165) is 4.57 Å². The Bertz CT molecular complexity index is 997. The second-order valence-electron chi connectivity index (χ2n) is 5.02. The van der Waals surface area contributed by atoms with E-state index in [1.165, 1.54) is 24.5 Å². The number of fused-ring (bicyclic) bond motifs is 1. The molecule has 1 heterocycles. The van der Waals surface area contributed by atoms with Gasteiger partial charge < -0.3 is 5.32 Å². The van der Waals surface area contributed by atoms with Crippen LogP contribution in [-0.2, 0) is 11.3 Å². The van der Waals surface area contributed by atoms with E-state index < -0.39 is 10.8 Å². The number of rotatable bonds is 4. The number of carbonyl (C=O) groups excluding carboxylic acids is 1. The molecule has 0 aliphatic carbocycles. The van der Waals surface area contributed by atoms with Crippen LogP contribution in [-0.4, -0.2) is 20.4 Å². The number of aromatic nitrogens is 2. The fraction of sp³-hybridized carbons (Fsp3) is 0.0625. The number of nitro benzene ring substituents is 1. The Hall–Kier alpha value is -3.55.